The third-order valence-corrected chi connectivity index (χ3v) is 6.29. The molecule has 26 heavy (non-hydrogen) atoms. The minimum absolute atomic E-state index is 0.0376. The summed E-state index contributed by atoms with van der Waals surface area (Å²) < 4.78 is 1.14. The van der Waals surface area contributed by atoms with Crippen LogP contribution in [0.25, 0.3) is 32.3 Å². The van der Waals surface area contributed by atoms with Gasteiger partial charge in [0.15, 0.2) is 0 Å². The van der Waals surface area contributed by atoms with Crippen molar-refractivity contribution in [1.82, 2.24) is 0 Å². The molecule has 0 unspecified atom stereocenters. The highest BCUT2D eigenvalue weighted by Gasteiger charge is 2.18. The van der Waals surface area contributed by atoms with Crippen molar-refractivity contribution in [2.75, 3.05) is 0 Å². The maximum absolute atomic E-state index is 12.1. The summed E-state index contributed by atoms with van der Waals surface area (Å²) in [6.45, 7) is 3.63. The van der Waals surface area contributed by atoms with Crippen LogP contribution in [0.1, 0.15) is 0 Å². The monoisotopic (exact) mass is 372 g/mol. The van der Waals surface area contributed by atoms with Crippen molar-refractivity contribution >= 4 is 38.3 Å². The zero-order valence-corrected chi connectivity index (χ0v) is 15.6. The molecule has 3 aromatic carbocycles. The lowest BCUT2D eigenvalue weighted by atomic mass is 9.96. The van der Waals surface area contributed by atoms with Crippen LogP contribution in [0.2, 0.25) is 0 Å². The fraction of sp³-hybridized carbons (Fsp3) is 0. The summed E-state index contributed by atoms with van der Waals surface area (Å²) in [5.74, 6) is 0. The summed E-state index contributed by atoms with van der Waals surface area (Å²) in [5.41, 5.74) is 4.56. The molecule has 1 nitrogen and oxygen atoms in total. The number of thioether (sulfide) groups is 1. The molecule has 0 saturated carbocycles. The van der Waals surface area contributed by atoms with Crippen LogP contribution < -0.4 is 0 Å². The summed E-state index contributed by atoms with van der Waals surface area (Å²) >= 11 is 2.93. The maximum atomic E-state index is 12.1. The Morgan fingerprint density at radius 1 is 0.885 bits per heavy atom. The molecule has 0 aliphatic heterocycles. The van der Waals surface area contributed by atoms with E-state index in [0.717, 1.165) is 20.7 Å². The number of rotatable bonds is 4. The molecule has 0 N–H and O–H groups in total. The molecular formula is C23H16OS2. The lowest BCUT2D eigenvalue weighted by Gasteiger charge is -2.14. The summed E-state index contributed by atoms with van der Waals surface area (Å²) in [7, 11) is 0. The highest BCUT2D eigenvalue weighted by molar-refractivity contribution is 8.14. The van der Waals surface area contributed by atoms with Crippen molar-refractivity contribution in [3.05, 3.63) is 90.8 Å². The molecule has 4 aromatic rings. The van der Waals surface area contributed by atoms with Crippen LogP contribution in [-0.2, 0) is 4.79 Å². The second kappa shape index (κ2) is 7.32. The van der Waals surface area contributed by atoms with Crippen molar-refractivity contribution in [1.29, 1.82) is 0 Å². The van der Waals surface area contributed by atoms with Gasteiger partial charge in [0.25, 0.3) is 0 Å². The number of hydrogen-bond donors (Lipinski definition) is 0. The van der Waals surface area contributed by atoms with Gasteiger partial charge in [-0.2, -0.15) is 0 Å². The molecule has 0 atom stereocenters. The van der Waals surface area contributed by atoms with Crippen molar-refractivity contribution in [3.8, 4) is 22.3 Å². The number of fused-ring (bicyclic) bond motifs is 1. The molecule has 126 valence electrons. The predicted molar refractivity (Wildman–Crippen MR) is 114 cm³/mol. The van der Waals surface area contributed by atoms with Crippen molar-refractivity contribution in [2.24, 2.45) is 0 Å². The average Bonchev–Trinajstić information content (AvgIpc) is 3.19. The van der Waals surface area contributed by atoms with Gasteiger partial charge in [0.2, 0.25) is 5.12 Å². The molecule has 0 radical (unpaired) electrons. The minimum atomic E-state index is -0.0376. The fourth-order valence-corrected chi connectivity index (χ4v) is 4.94. The van der Waals surface area contributed by atoms with E-state index in [0.29, 0.717) is 0 Å². The molecule has 0 fully saturated rings. The predicted octanol–water partition coefficient (Wildman–Crippen LogP) is 7.04. The third-order valence-electron chi connectivity index (χ3n) is 4.23. The first-order chi connectivity index (χ1) is 12.8. The number of carbonyl (C=O) groups excluding carboxylic acids is 1. The average molecular weight is 373 g/mol. The van der Waals surface area contributed by atoms with Gasteiger partial charge in [-0.1, -0.05) is 67.2 Å². The van der Waals surface area contributed by atoms with Crippen LogP contribution >= 0.6 is 23.1 Å². The van der Waals surface area contributed by atoms with Gasteiger partial charge in [0.1, 0.15) is 0 Å². The quantitative estimate of drug-likeness (QED) is 0.282. The molecular weight excluding hydrogens is 356 g/mol. The van der Waals surface area contributed by atoms with Crippen LogP contribution in [-0.4, -0.2) is 5.12 Å². The van der Waals surface area contributed by atoms with Gasteiger partial charge in [0.05, 0.1) is 0 Å². The Morgan fingerprint density at radius 2 is 1.50 bits per heavy atom. The van der Waals surface area contributed by atoms with E-state index in [9.17, 15) is 4.79 Å². The van der Waals surface area contributed by atoms with Crippen LogP contribution in [0.4, 0.5) is 0 Å². The largest absolute Gasteiger partial charge is 0.282 e. The summed E-state index contributed by atoms with van der Waals surface area (Å²) in [4.78, 5) is 13.1. The van der Waals surface area contributed by atoms with Gasteiger partial charge < -0.3 is 0 Å². The van der Waals surface area contributed by atoms with Crippen LogP contribution in [0, 0.1) is 0 Å². The minimum Gasteiger partial charge on any atom is -0.282 e. The molecule has 3 heteroatoms. The Morgan fingerprint density at radius 3 is 2.12 bits per heavy atom. The normalized spacial score (nSPS) is 10.8. The van der Waals surface area contributed by atoms with E-state index in [2.05, 4.69) is 60.5 Å². The first-order valence-electron chi connectivity index (χ1n) is 8.27. The van der Waals surface area contributed by atoms with Crippen LogP contribution in [0.15, 0.2) is 95.7 Å². The Balaban J connectivity index is 2.04. The highest BCUT2D eigenvalue weighted by Crippen LogP contribution is 2.44. The molecule has 0 aliphatic rings. The number of benzene rings is 3. The Kier molecular flexibility index (Phi) is 4.74. The van der Waals surface area contributed by atoms with E-state index in [1.54, 1.807) is 11.3 Å². The van der Waals surface area contributed by atoms with Gasteiger partial charge in [-0.15, -0.1) is 11.3 Å². The molecule has 1 heterocycles. The highest BCUT2D eigenvalue weighted by atomic mass is 32.2. The molecule has 0 amide bonds. The first kappa shape index (κ1) is 16.8. The lowest BCUT2D eigenvalue weighted by Crippen LogP contribution is -1.91. The van der Waals surface area contributed by atoms with Crippen molar-refractivity contribution in [3.63, 3.8) is 0 Å². The lowest BCUT2D eigenvalue weighted by molar-refractivity contribution is -0.107. The molecule has 4 rings (SSSR count). The van der Waals surface area contributed by atoms with E-state index in [-0.39, 0.29) is 5.12 Å². The zero-order valence-electron chi connectivity index (χ0n) is 14.0. The SMILES string of the molecule is C=CC(=O)Sc1c(-c2ccccc2)cc(-c2ccccc2)c2ccsc12. The second-order valence-electron chi connectivity index (χ2n) is 5.82. The number of hydrogen-bond acceptors (Lipinski definition) is 3. The first-order valence-corrected chi connectivity index (χ1v) is 9.97. The van der Waals surface area contributed by atoms with E-state index >= 15 is 0 Å². The number of carbonyl (C=O) groups is 1. The molecule has 0 bridgehead atoms. The van der Waals surface area contributed by atoms with Gasteiger partial charge in [-0.25, -0.2) is 0 Å². The van der Waals surface area contributed by atoms with Crippen molar-refractivity contribution < 1.29 is 4.79 Å². The Labute approximate surface area is 161 Å². The van der Waals surface area contributed by atoms with Gasteiger partial charge in [-0.3, -0.25) is 4.79 Å². The Bertz CT molecular complexity index is 1080. The molecule has 0 saturated heterocycles. The number of thiophene rings is 1. The molecule has 1 aromatic heterocycles. The van der Waals surface area contributed by atoms with Crippen LogP contribution in [0.3, 0.4) is 0 Å². The van der Waals surface area contributed by atoms with Gasteiger partial charge in [0, 0.05) is 15.0 Å². The third kappa shape index (κ3) is 3.12. The maximum Gasteiger partial charge on any atom is 0.216 e. The van der Waals surface area contributed by atoms with E-state index in [4.69, 9.17) is 0 Å². The summed E-state index contributed by atoms with van der Waals surface area (Å²) in [6, 6.07) is 25.0. The second-order valence-corrected chi connectivity index (χ2v) is 7.75. The summed E-state index contributed by atoms with van der Waals surface area (Å²) in [5, 5.41) is 3.23. The van der Waals surface area contributed by atoms with E-state index < -0.39 is 0 Å². The topological polar surface area (TPSA) is 17.1 Å². The standard InChI is InChI=1S/C23H16OS2/c1-2-21(24)26-23-20(17-11-7-4-8-12-17)15-19(16-9-5-3-6-10-16)18-13-14-25-22(18)23/h2-15H,1H2. The van der Waals surface area contributed by atoms with Gasteiger partial charge >= 0.3 is 0 Å². The van der Waals surface area contributed by atoms with Crippen LogP contribution in [0.5, 0.6) is 0 Å². The van der Waals surface area contributed by atoms with E-state index in [1.807, 2.05) is 24.3 Å². The molecule has 0 aliphatic carbocycles. The summed E-state index contributed by atoms with van der Waals surface area (Å²) in [6.07, 6.45) is 1.38. The molecule has 0 spiro atoms. The van der Waals surface area contributed by atoms with Gasteiger partial charge in [-0.05, 0) is 57.6 Å². The van der Waals surface area contributed by atoms with Crippen molar-refractivity contribution in [2.45, 2.75) is 4.90 Å². The Hall–Kier alpha value is -2.62. The smallest absolute Gasteiger partial charge is 0.216 e. The fourth-order valence-electron chi connectivity index (χ4n) is 3.04. The van der Waals surface area contributed by atoms with E-state index in [1.165, 1.54) is 34.4 Å². The zero-order chi connectivity index (χ0) is 17.9.